The Labute approximate surface area is 106 Å². The van der Waals surface area contributed by atoms with Gasteiger partial charge in [-0.05, 0) is 5.56 Å². The first-order valence-electron chi connectivity index (χ1n) is 5.96. The topological polar surface area (TPSA) is 58.6 Å². The van der Waals surface area contributed by atoms with E-state index >= 15 is 0 Å². The molecule has 1 aromatic rings. The van der Waals surface area contributed by atoms with E-state index in [1.54, 1.807) is 29.2 Å². The lowest BCUT2D eigenvalue weighted by atomic mass is 10.2. The first kappa shape index (κ1) is 12.6. The molecular formula is C13H16N2O3. The Morgan fingerprint density at radius 1 is 1.28 bits per heavy atom. The molecular weight excluding hydrogens is 232 g/mol. The van der Waals surface area contributed by atoms with Crippen molar-refractivity contribution in [2.24, 2.45) is 0 Å². The van der Waals surface area contributed by atoms with E-state index in [-0.39, 0.29) is 12.7 Å². The third-order valence-corrected chi connectivity index (χ3v) is 2.85. The molecule has 1 aromatic carbocycles. The zero-order valence-corrected chi connectivity index (χ0v) is 10.1. The fraction of sp³-hybridized carbons (Fsp3) is 0.385. The van der Waals surface area contributed by atoms with Gasteiger partial charge in [0.2, 0.25) is 0 Å². The molecule has 0 spiro atoms. The van der Waals surface area contributed by atoms with E-state index in [9.17, 15) is 9.59 Å². The normalized spacial score (nSPS) is 15.2. The van der Waals surface area contributed by atoms with Crippen LogP contribution >= 0.6 is 0 Å². The summed E-state index contributed by atoms with van der Waals surface area (Å²) in [5.74, 6) is 0. The standard InChI is InChI=1S/C13H16N2O3/c16-9-11-1-3-12(4-2-11)10-18-13(17)15-7-5-14-6-8-15/h1-4,9,14H,5-8,10H2. The van der Waals surface area contributed by atoms with Crippen molar-refractivity contribution < 1.29 is 14.3 Å². The molecule has 1 aliphatic rings. The van der Waals surface area contributed by atoms with Crippen molar-refractivity contribution in [1.29, 1.82) is 0 Å². The summed E-state index contributed by atoms with van der Waals surface area (Å²) in [4.78, 5) is 23.9. The molecule has 5 nitrogen and oxygen atoms in total. The van der Waals surface area contributed by atoms with Gasteiger partial charge in [0.25, 0.3) is 0 Å². The molecule has 0 aliphatic carbocycles. The maximum Gasteiger partial charge on any atom is 0.410 e. The Morgan fingerprint density at radius 3 is 2.56 bits per heavy atom. The number of rotatable bonds is 3. The molecule has 1 heterocycles. The molecule has 18 heavy (non-hydrogen) atoms. The number of benzene rings is 1. The first-order chi connectivity index (χ1) is 8.79. The number of ether oxygens (including phenoxy) is 1. The van der Waals surface area contributed by atoms with Crippen molar-refractivity contribution in [1.82, 2.24) is 10.2 Å². The van der Waals surface area contributed by atoms with E-state index in [1.165, 1.54) is 0 Å². The Hall–Kier alpha value is -1.88. The van der Waals surface area contributed by atoms with Crippen molar-refractivity contribution in [3.05, 3.63) is 35.4 Å². The molecule has 0 atom stereocenters. The number of piperazine rings is 1. The smallest absolute Gasteiger partial charge is 0.410 e. The molecule has 1 N–H and O–H groups in total. The number of hydrogen-bond donors (Lipinski definition) is 1. The second kappa shape index (κ2) is 6.16. The molecule has 5 heteroatoms. The summed E-state index contributed by atoms with van der Waals surface area (Å²) in [6.07, 6.45) is 0.507. The van der Waals surface area contributed by atoms with Crippen LogP contribution in [0.3, 0.4) is 0 Å². The zero-order chi connectivity index (χ0) is 12.8. The van der Waals surface area contributed by atoms with E-state index in [1.807, 2.05) is 0 Å². The van der Waals surface area contributed by atoms with Gasteiger partial charge in [0.1, 0.15) is 12.9 Å². The second-order valence-electron chi connectivity index (χ2n) is 4.15. The maximum atomic E-state index is 11.7. The predicted octanol–water partition coefficient (Wildman–Crippen LogP) is 1.04. The quantitative estimate of drug-likeness (QED) is 0.812. The van der Waals surface area contributed by atoms with Crippen LogP contribution in [-0.4, -0.2) is 43.5 Å². The molecule has 0 saturated carbocycles. The van der Waals surface area contributed by atoms with Gasteiger partial charge in [-0.25, -0.2) is 4.79 Å². The Bertz CT molecular complexity index is 411. The fourth-order valence-electron chi connectivity index (χ4n) is 1.78. The molecule has 0 radical (unpaired) electrons. The summed E-state index contributed by atoms with van der Waals surface area (Å²) in [5.41, 5.74) is 1.50. The van der Waals surface area contributed by atoms with Crippen LogP contribution in [0.25, 0.3) is 0 Å². The SMILES string of the molecule is O=Cc1ccc(COC(=O)N2CCNCC2)cc1. The Morgan fingerprint density at radius 2 is 1.94 bits per heavy atom. The third-order valence-electron chi connectivity index (χ3n) is 2.85. The molecule has 0 bridgehead atoms. The van der Waals surface area contributed by atoms with Gasteiger partial charge in [0.15, 0.2) is 0 Å². The number of aldehydes is 1. The number of nitrogens with zero attached hydrogens (tertiary/aromatic N) is 1. The van der Waals surface area contributed by atoms with E-state index < -0.39 is 0 Å². The minimum atomic E-state index is -0.282. The second-order valence-corrected chi connectivity index (χ2v) is 4.15. The van der Waals surface area contributed by atoms with Gasteiger partial charge in [0.05, 0.1) is 0 Å². The Balaban J connectivity index is 1.82. The predicted molar refractivity (Wildman–Crippen MR) is 66.5 cm³/mol. The highest BCUT2D eigenvalue weighted by molar-refractivity contribution is 5.74. The van der Waals surface area contributed by atoms with Crippen LogP contribution in [0.5, 0.6) is 0 Å². The molecule has 1 amide bonds. The van der Waals surface area contributed by atoms with Gasteiger partial charge < -0.3 is 15.0 Å². The lowest BCUT2D eigenvalue weighted by Crippen LogP contribution is -2.46. The number of nitrogens with one attached hydrogen (secondary N) is 1. The highest BCUT2D eigenvalue weighted by Gasteiger charge is 2.17. The summed E-state index contributed by atoms with van der Waals surface area (Å²) >= 11 is 0. The minimum absolute atomic E-state index is 0.238. The van der Waals surface area contributed by atoms with E-state index in [4.69, 9.17) is 4.74 Å². The van der Waals surface area contributed by atoms with Gasteiger partial charge in [-0.1, -0.05) is 24.3 Å². The van der Waals surface area contributed by atoms with E-state index in [0.717, 1.165) is 24.9 Å². The summed E-state index contributed by atoms with van der Waals surface area (Å²) in [7, 11) is 0. The molecule has 1 aliphatic heterocycles. The highest BCUT2D eigenvalue weighted by Crippen LogP contribution is 2.06. The largest absolute Gasteiger partial charge is 0.445 e. The van der Waals surface area contributed by atoms with Crippen molar-refractivity contribution in [2.75, 3.05) is 26.2 Å². The maximum absolute atomic E-state index is 11.7. The summed E-state index contributed by atoms with van der Waals surface area (Å²) in [6, 6.07) is 6.99. The van der Waals surface area contributed by atoms with Crippen molar-refractivity contribution in [3.63, 3.8) is 0 Å². The number of hydrogen-bond acceptors (Lipinski definition) is 4. The zero-order valence-electron chi connectivity index (χ0n) is 10.1. The van der Waals surface area contributed by atoms with Crippen molar-refractivity contribution >= 4 is 12.4 Å². The van der Waals surface area contributed by atoms with E-state index in [0.29, 0.717) is 18.7 Å². The van der Waals surface area contributed by atoms with Crippen LogP contribution in [0.4, 0.5) is 4.79 Å². The van der Waals surface area contributed by atoms with Gasteiger partial charge in [-0.2, -0.15) is 0 Å². The third kappa shape index (κ3) is 3.30. The lowest BCUT2D eigenvalue weighted by Gasteiger charge is -2.26. The first-order valence-corrected chi connectivity index (χ1v) is 5.96. The van der Waals surface area contributed by atoms with E-state index in [2.05, 4.69) is 5.32 Å². The molecule has 1 fully saturated rings. The Kier molecular flexibility index (Phi) is 4.30. The summed E-state index contributed by atoms with van der Waals surface area (Å²) in [6.45, 7) is 3.22. The average Bonchev–Trinajstić information content (AvgIpc) is 2.46. The van der Waals surface area contributed by atoms with Gasteiger partial charge >= 0.3 is 6.09 Å². The summed E-state index contributed by atoms with van der Waals surface area (Å²) < 4.78 is 5.21. The molecule has 0 unspecified atom stereocenters. The monoisotopic (exact) mass is 248 g/mol. The van der Waals surface area contributed by atoms with Gasteiger partial charge in [0, 0.05) is 31.7 Å². The van der Waals surface area contributed by atoms with Gasteiger partial charge in [-0.15, -0.1) is 0 Å². The number of amides is 1. The molecule has 1 saturated heterocycles. The van der Waals surface area contributed by atoms with Crippen LogP contribution in [0, 0.1) is 0 Å². The van der Waals surface area contributed by atoms with Crippen LogP contribution in [0.15, 0.2) is 24.3 Å². The summed E-state index contributed by atoms with van der Waals surface area (Å²) in [5, 5.41) is 3.17. The van der Waals surface area contributed by atoms with Crippen LogP contribution < -0.4 is 5.32 Å². The van der Waals surface area contributed by atoms with Gasteiger partial charge in [-0.3, -0.25) is 4.79 Å². The van der Waals surface area contributed by atoms with Crippen LogP contribution in [0.1, 0.15) is 15.9 Å². The molecule has 2 rings (SSSR count). The highest BCUT2D eigenvalue weighted by atomic mass is 16.6. The molecule has 0 aromatic heterocycles. The number of carbonyl (C=O) groups excluding carboxylic acids is 2. The average molecular weight is 248 g/mol. The van der Waals surface area contributed by atoms with Crippen LogP contribution in [-0.2, 0) is 11.3 Å². The lowest BCUT2D eigenvalue weighted by molar-refractivity contribution is 0.0918. The number of carbonyl (C=O) groups is 2. The van der Waals surface area contributed by atoms with Crippen molar-refractivity contribution in [3.8, 4) is 0 Å². The van der Waals surface area contributed by atoms with Crippen LogP contribution in [0.2, 0.25) is 0 Å². The fourth-order valence-corrected chi connectivity index (χ4v) is 1.78. The van der Waals surface area contributed by atoms with Crippen molar-refractivity contribution in [2.45, 2.75) is 6.61 Å². The minimum Gasteiger partial charge on any atom is -0.445 e. The molecule has 96 valence electrons.